The lowest BCUT2D eigenvalue weighted by Crippen LogP contribution is -2.17. The molecule has 0 aliphatic carbocycles. The first-order valence-corrected chi connectivity index (χ1v) is 16.4. The summed E-state index contributed by atoms with van der Waals surface area (Å²) >= 11 is 0. The van der Waals surface area contributed by atoms with E-state index in [0.717, 1.165) is 70.4 Å². The van der Waals surface area contributed by atoms with Crippen LogP contribution in [0.25, 0.3) is 27.7 Å². The van der Waals surface area contributed by atoms with Gasteiger partial charge in [0.2, 0.25) is 0 Å². The smallest absolute Gasteiger partial charge is 0.307 e. The largest absolute Gasteiger partial charge is 0.490 e. The maximum Gasteiger partial charge on any atom is 0.307 e. The molecule has 0 bridgehead atoms. The number of aromatic nitrogens is 2. The predicted molar refractivity (Wildman–Crippen MR) is 192 cm³/mol. The summed E-state index contributed by atoms with van der Waals surface area (Å²) in [7, 11) is 3.74. The van der Waals surface area contributed by atoms with E-state index in [2.05, 4.69) is 42.9 Å². The average molecular weight is 639 g/mol. The first kappa shape index (κ1) is 35.1. The maximum absolute atomic E-state index is 15.6. The molecule has 8 heteroatoms. The summed E-state index contributed by atoms with van der Waals surface area (Å²) < 4.78 is 23.3. The second-order valence-electron chi connectivity index (χ2n) is 11.8. The molecule has 7 nitrogen and oxygen atoms in total. The summed E-state index contributed by atoms with van der Waals surface area (Å²) in [6.07, 6.45) is 16.0. The molecule has 1 aromatic carbocycles. The molecule has 0 atom stereocenters. The zero-order valence-corrected chi connectivity index (χ0v) is 28.8. The SMILES string of the molecule is C=CC(=C\NC(CCC)=NC)/C(=C\CC)/C=C(\C=C/C)c1cc2c(-c3cc(F)c4c(c3C)CCCO4)c(CC(=O)O)c(C)nc2n1C. The molecular formula is C39H47FN4O3. The van der Waals surface area contributed by atoms with E-state index in [4.69, 9.17) is 9.72 Å². The summed E-state index contributed by atoms with van der Waals surface area (Å²) in [4.78, 5) is 21.4. The van der Waals surface area contributed by atoms with Crippen LogP contribution in [0.1, 0.15) is 74.5 Å². The van der Waals surface area contributed by atoms with Crippen LogP contribution >= 0.6 is 0 Å². The van der Waals surface area contributed by atoms with Crippen LogP contribution in [-0.4, -0.2) is 40.1 Å². The minimum absolute atomic E-state index is 0.231. The number of pyridine rings is 1. The number of aliphatic imine (C=N–C) groups is 1. The fourth-order valence-corrected chi connectivity index (χ4v) is 6.29. The van der Waals surface area contributed by atoms with Gasteiger partial charge in [-0.15, -0.1) is 0 Å². The van der Waals surface area contributed by atoms with Gasteiger partial charge in [-0.1, -0.05) is 44.7 Å². The van der Waals surface area contributed by atoms with Crippen LogP contribution in [-0.2, 0) is 24.7 Å². The summed E-state index contributed by atoms with van der Waals surface area (Å²) in [6.45, 7) is 14.5. The topological polar surface area (TPSA) is 88.7 Å². The number of hydrogen-bond acceptors (Lipinski definition) is 4. The van der Waals surface area contributed by atoms with Gasteiger partial charge in [-0.2, -0.15) is 0 Å². The van der Waals surface area contributed by atoms with Crippen molar-refractivity contribution in [1.29, 1.82) is 0 Å². The minimum Gasteiger partial charge on any atom is -0.490 e. The Morgan fingerprint density at radius 2 is 2.02 bits per heavy atom. The Hall–Kier alpha value is -4.72. The number of fused-ring (bicyclic) bond motifs is 2. The van der Waals surface area contributed by atoms with Crippen molar-refractivity contribution in [3.63, 3.8) is 0 Å². The molecule has 2 aromatic heterocycles. The molecule has 0 spiro atoms. The van der Waals surface area contributed by atoms with Crippen LogP contribution < -0.4 is 10.1 Å². The monoisotopic (exact) mass is 638 g/mol. The van der Waals surface area contributed by atoms with Gasteiger partial charge in [0.05, 0.1) is 24.6 Å². The van der Waals surface area contributed by atoms with Crippen LogP contribution in [0.2, 0.25) is 0 Å². The van der Waals surface area contributed by atoms with Gasteiger partial charge in [-0.05, 0) is 104 Å². The Balaban J connectivity index is 2.00. The standard InChI is InChI=1S/C39H47FN4O3/c1-9-14-27(26(12-4)23-42-35(41-7)16-11-3)19-28(15-10-2)34-21-32-37(31(22-36(45)46)25(6)43-39(32)44(34)8)30-20-33(40)38-29(24(30)5)17-13-18-47-38/h10,12,14-15,19-21,23H,4,9,11,13,16-18,22H2,1-3,5-8H3,(H,41,42)(H,45,46)/b15-10-,26-23+,27-14-,28-19+. The summed E-state index contributed by atoms with van der Waals surface area (Å²) in [5.41, 5.74) is 8.70. The Morgan fingerprint density at radius 3 is 2.66 bits per heavy atom. The molecule has 0 unspecified atom stereocenters. The lowest BCUT2D eigenvalue weighted by Gasteiger charge is -2.23. The Bertz CT molecular complexity index is 1840. The fraction of sp³-hybridized carbons (Fsp3) is 0.359. The number of halogens is 1. The van der Waals surface area contributed by atoms with Crippen molar-refractivity contribution in [2.45, 2.75) is 73.1 Å². The van der Waals surface area contributed by atoms with Gasteiger partial charge in [0.15, 0.2) is 11.6 Å². The lowest BCUT2D eigenvalue weighted by atomic mass is 9.87. The van der Waals surface area contributed by atoms with E-state index >= 15 is 4.39 Å². The normalized spacial score (nSPS) is 14.5. The van der Waals surface area contributed by atoms with E-state index in [1.165, 1.54) is 6.07 Å². The Kier molecular flexibility index (Phi) is 11.8. The Labute approximate surface area is 278 Å². The quantitative estimate of drug-likeness (QED) is 0.118. The number of ether oxygens (including phenoxy) is 1. The van der Waals surface area contributed by atoms with Gasteiger partial charge in [-0.25, -0.2) is 9.37 Å². The van der Waals surface area contributed by atoms with Crippen molar-refractivity contribution in [3.8, 4) is 16.9 Å². The minimum atomic E-state index is -0.970. The lowest BCUT2D eigenvalue weighted by molar-refractivity contribution is -0.136. The van der Waals surface area contributed by atoms with Crippen molar-refractivity contribution in [1.82, 2.24) is 14.9 Å². The molecule has 0 fully saturated rings. The van der Waals surface area contributed by atoms with Gasteiger partial charge in [0, 0.05) is 43.4 Å². The van der Waals surface area contributed by atoms with E-state index in [-0.39, 0.29) is 6.42 Å². The molecule has 2 N–H and O–H groups in total. The third-order valence-corrected chi connectivity index (χ3v) is 8.60. The number of amidine groups is 1. The van der Waals surface area contributed by atoms with Gasteiger partial charge in [0.25, 0.3) is 0 Å². The third-order valence-electron chi connectivity index (χ3n) is 8.60. The number of allylic oxidation sites excluding steroid dienone is 8. The summed E-state index contributed by atoms with van der Waals surface area (Å²) in [6, 6.07) is 3.54. The van der Waals surface area contributed by atoms with Crippen LogP contribution in [0.3, 0.4) is 0 Å². The molecule has 0 radical (unpaired) electrons. The first-order chi connectivity index (χ1) is 22.6. The second kappa shape index (κ2) is 15.7. The highest BCUT2D eigenvalue weighted by Gasteiger charge is 2.26. The van der Waals surface area contributed by atoms with E-state index in [1.54, 1.807) is 7.05 Å². The van der Waals surface area contributed by atoms with E-state index in [9.17, 15) is 9.90 Å². The number of rotatable bonds is 12. The van der Waals surface area contributed by atoms with Crippen LogP contribution in [0.15, 0.2) is 71.4 Å². The molecule has 3 heterocycles. The molecule has 3 aromatic rings. The average Bonchev–Trinajstić information content (AvgIpc) is 3.37. The summed E-state index contributed by atoms with van der Waals surface area (Å²) in [5.74, 6) is -0.200. The van der Waals surface area contributed by atoms with E-state index in [1.807, 2.05) is 62.9 Å². The van der Waals surface area contributed by atoms with Crippen LogP contribution in [0, 0.1) is 19.7 Å². The number of carboxylic acids is 1. The number of benzene rings is 1. The molecule has 0 saturated heterocycles. The molecule has 248 valence electrons. The van der Waals surface area contributed by atoms with Crippen molar-refractivity contribution >= 4 is 28.4 Å². The van der Waals surface area contributed by atoms with E-state index in [0.29, 0.717) is 46.8 Å². The fourth-order valence-electron chi connectivity index (χ4n) is 6.29. The highest BCUT2D eigenvalue weighted by molar-refractivity contribution is 6.01. The van der Waals surface area contributed by atoms with Gasteiger partial charge < -0.3 is 19.7 Å². The van der Waals surface area contributed by atoms with Crippen molar-refractivity contribution in [2.75, 3.05) is 13.7 Å². The number of nitrogens with one attached hydrogen (secondary N) is 1. The maximum atomic E-state index is 15.6. The zero-order chi connectivity index (χ0) is 34.2. The van der Waals surface area contributed by atoms with Gasteiger partial charge >= 0.3 is 5.97 Å². The molecular weight excluding hydrogens is 591 g/mol. The molecule has 4 rings (SSSR count). The van der Waals surface area contributed by atoms with Crippen molar-refractivity contribution in [2.24, 2.45) is 12.0 Å². The summed E-state index contributed by atoms with van der Waals surface area (Å²) in [5, 5.41) is 14.1. The van der Waals surface area contributed by atoms with Crippen molar-refractivity contribution < 1.29 is 19.0 Å². The third kappa shape index (κ3) is 7.48. The number of hydrogen-bond donors (Lipinski definition) is 2. The number of nitrogens with zero attached hydrogens (tertiary/aromatic N) is 3. The van der Waals surface area contributed by atoms with Crippen LogP contribution in [0.5, 0.6) is 5.75 Å². The molecule has 1 aliphatic heterocycles. The number of aryl methyl sites for hydroxylation is 2. The number of carboxylic acid groups (broad SMARTS) is 1. The van der Waals surface area contributed by atoms with E-state index < -0.39 is 11.8 Å². The first-order valence-electron chi connectivity index (χ1n) is 16.4. The molecule has 0 amide bonds. The van der Waals surface area contributed by atoms with Crippen LogP contribution in [0.4, 0.5) is 4.39 Å². The van der Waals surface area contributed by atoms with Gasteiger partial charge in [0.1, 0.15) is 5.65 Å². The van der Waals surface area contributed by atoms with Gasteiger partial charge in [-0.3, -0.25) is 9.79 Å². The Morgan fingerprint density at radius 1 is 1.26 bits per heavy atom. The van der Waals surface area contributed by atoms with Crippen molar-refractivity contribution in [3.05, 3.63) is 100 Å². The number of carbonyl (C=O) groups is 1. The number of aliphatic carboxylic acids is 1. The highest BCUT2D eigenvalue weighted by Crippen LogP contribution is 2.43. The molecule has 0 saturated carbocycles. The highest BCUT2D eigenvalue weighted by atomic mass is 19.1. The molecule has 1 aliphatic rings. The second-order valence-corrected chi connectivity index (χ2v) is 11.8. The predicted octanol–water partition coefficient (Wildman–Crippen LogP) is 8.73. The molecule has 47 heavy (non-hydrogen) atoms. The zero-order valence-electron chi connectivity index (χ0n) is 28.8.